The second kappa shape index (κ2) is 4.86. The largest absolute Gasteiger partial charge is 0.472 e. The molecule has 0 fully saturated rings. The zero-order valence-corrected chi connectivity index (χ0v) is 9.55. The lowest BCUT2D eigenvalue weighted by atomic mass is 10.1. The first kappa shape index (κ1) is 10.8. The predicted octanol–water partition coefficient (Wildman–Crippen LogP) is 3.23. The van der Waals surface area contributed by atoms with E-state index in [1.165, 1.54) is 0 Å². The molecule has 1 aliphatic heterocycles. The van der Waals surface area contributed by atoms with Gasteiger partial charge in [-0.05, 0) is 36.6 Å². The molecule has 2 nitrogen and oxygen atoms in total. The van der Waals surface area contributed by atoms with Crippen molar-refractivity contribution in [2.24, 2.45) is 4.99 Å². The molecule has 0 bridgehead atoms. The number of hydrogen-bond donors (Lipinski definition) is 0. The Kier molecular flexibility index (Phi) is 3.49. The third kappa shape index (κ3) is 3.11. The molecule has 1 atom stereocenters. The molecule has 0 amide bonds. The number of ether oxygens (including phenoxy) is 1. The number of nitrogens with zero attached hydrogens (tertiary/aromatic N) is 1. The fraction of sp³-hybridized carbons (Fsp3) is 0.364. The number of benzene rings is 1. The Morgan fingerprint density at radius 1 is 1.33 bits per heavy atom. The number of aliphatic imine (C=N–C) groups is 1. The van der Waals surface area contributed by atoms with Crippen LogP contribution in [0.1, 0.15) is 12.0 Å². The van der Waals surface area contributed by atoms with E-state index in [9.17, 15) is 0 Å². The molecule has 1 aromatic carbocycles. The van der Waals surface area contributed by atoms with E-state index >= 15 is 0 Å². The molecule has 1 unspecified atom stereocenters. The molecule has 79 valence electrons. The van der Waals surface area contributed by atoms with Gasteiger partial charge in [-0.1, -0.05) is 23.2 Å². The van der Waals surface area contributed by atoms with Gasteiger partial charge >= 0.3 is 0 Å². The van der Waals surface area contributed by atoms with Crippen LogP contribution in [0.15, 0.2) is 23.2 Å². The summed E-state index contributed by atoms with van der Waals surface area (Å²) >= 11 is 11.8. The van der Waals surface area contributed by atoms with Crippen LogP contribution in [-0.2, 0) is 11.2 Å². The van der Waals surface area contributed by atoms with Gasteiger partial charge in [0.2, 0.25) is 0 Å². The van der Waals surface area contributed by atoms with Crippen molar-refractivity contribution in [3.8, 4) is 0 Å². The smallest absolute Gasteiger partial charge is 0.273 e. The molecule has 1 aromatic rings. The molecule has 0 N–H and O–H groups in total. The summed E-state index contributed by atoms with van der Waals surface area (Å²) in [5.74, 6) is 0. The average molecular weight is 243 g/mol. The highest BCUT2D eigenvalue weighted by Gasteiger charge is 2.12. The molecular weight excluding hydrogens is 233 g/mol. The van der Waals surface area contributed by atoms with Crippen LogP contribution >= 0.6 is 23.2 Å². The summed E-state index contributed by atoms with van der Waals surface area (Å²) in [5, 5.41) is 1.35. The molecule has 1 aliphatic rings. The van der Waals surface area contributed by atoms with Crippen LogP contribution in [0.3, 0.4) is 0 Å². The Morgan fingerprint density at radius 2 is 2.07 bits per heavy atom. The number of aryl methyl sites for hydroxylation is 1. The molecule has 0 saturated heterocycles. The van der Waals surface area contributed by atoms with Crippen LogP contribution in [0.2, 0.25) is 10.0 Å². The number of halogens is 2. The first-order valence-corrected chi connectivity index (χ1v) is 5.51. The van der Waals surface area contributed by atoms with Gasteiger partial charge in [-0.15, -0.1) is 0 Å². The summed E-state index contributed by atoms with van der Waals surface area (Å²) in [7, 11) is 0. The average Bonchev–Trinajstić information content (AvgIpc) is 2.65. The van der Waals surface area contributed by atoms with Crippen molar-refractivity contribution in [1.82, 2.24) is 0 Å². The standard InChI is InChI=1S/C11H10Cl2NO/c12-9-3-8(4-10(13)5-9)1-2-11-6-15-7-14-11/h3-5,11H,1-2,6H2. The van der Waals surface area contributed by atoms with Crippen molar-refractivity contribution in [3.63, 3.8) is 0 Å². The Hall–Kier alpha value is -0.730. The predicted molar refractivity (Wildman–Crippen MR) is 62.0 cm³/mol. The maximum absolute atomic E-state index is 5.90. The van der Waals surface area contributed by atoms with Gasteiger partial charge in [0.1, 0.15) is 6.61 Å². The van der Waals surface area contributed by atoms with Gasteiger partial charge in [-0.25, -0.2) is 4.99 Å². The fourth-order valence-electron chi connectivity index (χ4n) is 1.52. The molecule has 0 aliphatic carbocycles. The quantitative estimate of drug-likeness (QED) is 0.798. The van der Waals surface area contributed by atoms with Crippen molar-refractivity contribution in [1.29, 1.82) is 0 Å². The van der Waals surface area contributed by atoms with E-state index in [1.54, 1.807) is 6.07 Å². The monoisotopic (exact) mass is 242 g/mol. The normalized spacial score (nSPS) is 19.2. The van der Waals surface area contributed by atoms with Gasteiger partial charge < -0.3 is 4.74 Å². The van der Waals surface area contributed by atoms with E-state index in [0.717, 1.165) is 18.4 Å². The first-order valence-electron chi connectivity index (χ1n) is 4.75. The zero-order chi connectivity index (χ0) is 10.7. The lowest BCUT2D eigenvalue weighted by molar-refractivity contribution is 0.322. The summed E-state index contributed by atoms with van der Waals surface area (Å²) in [6.07, 6.45) is 4.34. The van der Waals surface area contributed by atoms with Crippen molar-refractivity contribution in [2.75, 3.05) is 6.61 Å². The minimum Gasteiger partial charge on any atom is -0.472 e. The Bertz CT molecular complexity index is 359. The van der Waals surface area contributed by atoms with Crippen molar-refractivity contribution in [3.05, 3.63) is 33.8 Å². The van der Waals surface area contributed by atoms with E-state index in [0.29, 0.717) is 16.7 Å². The van der Waals surface area contributed by atoms with Gasteiger partial charge in [-0.2, -0.15) is 0 Å². The topological polar surface area (TPSA) is 21.6 Å². The highest BCUT2D eigenvalue weighted by Crippen LogP contribution is 2.20. The second-order valence-electron chi connectivity index (χ2n) is 3.50. The maximum atomic E-state index is 5.90. The lowest BCUT2D eigenvalue weighted by Gasteiger charge is -2.06. The van der Waals surface area contributed by atoms with Gasteiger partial charge in [0, 0.05) is 10.0 Å². The molecule has 0 saturated carbocycles. The summed E-state index contributed by atoms with van der Waals surface area (Å²) in [5.41, 5.74) is 1.13. The minimum atomic E-state index is 0.225. The van der Waals surface area contributed by atoms with Crippen LogP contribution in [0.25, 0.3) is 0 Å². The van der Waals surface area contributed by atoms with Gasteiger partial charge in [-0.3, -0.25) is 0 Å². The van der Waals surface area contributed by atoms with E-state index in [1.807, 2.05) is 12.1 Å². The molecule has 4 heteroatoms. The number of rotatable bonds is 3. The highest BCUT2D eigenvalue weighted by atomic mass is 35.5. The molecule has 0 spiro atoms. The summed E-state index contributed by atoms with van der Waals surface area (Å²) < 4.78 is 4.92. The molecule has 2 rings (SSSR count). The Morgan fingerprint density at radius 3 is 2.67 bits per heavy atom. The van der Waals surface area contributed by atoms with Gasteiger partial charge in [0.05, 0.1) is 6.04 Å². The maximum Gasteiger partial charge on any atom is 0.273 e. The SMILES string of the molecule is Clc1cc(Cl)cc(CCC2CO[C]=N2)c1. The van der Waals surface area contributed by atoms with Crippen molar-refractivity contribution in [2.45, 2.75) is 18.9 Å². The van der Waals surface area contributed by atoms with Crippen LogP contribution < -0.4 is 0 Å². The van der Waals surface area contributed by atoms with Crippen molar-refractivity contribution < 1.29 is 4.74 Å². The third-order valence-electron chi connectivity index (χ3n) is 2.26. The fourth-order valence-corrected chi connectivity index (χ4v) is 2.09. The molecule has 15 heavy (non-hydrogen) atoms. The lowest BCUT2D eigenvalue weighted by Crippen LogP contribution is -2.07. The van der Waals surface area contributed by atoms with Crippen LogP contribution in [0.5, 0.6) is 0 Å². The summed E-state index contributed by atoms with van der Waals surface area (Å²) in [6.45, 7) is 0.633. The van der Waals surface area contributed by atoms with E-state index in [4.69, 9.17) is 27.9 Å². The van der Waals surface area contributed by atoms with Crippen LogP contribution in [-0.4, -0.2) is 19.0 Å². The van der Waals surface area contributed by atoms with Crippen LogP contribution in [0, 0.1) is 0 Å². The summed E-state index contributed by atoms with van der Waals surface area (Å²) in [6, 6.07) is 5.81. The van der Waals surface area contributed by atoms with Gasteiger partial charge in [0.15, 0.2) is 0 Å². The van der Waals surface area contributed by atoms with Crippen molar-refractivity contribution >= 4 is 29.6 Å². The number of hydrogen-bond acceptors (Lipinski definition) is 2. The van der Waals surface area contributed by atoms with E-state index in [2.05, 4.69) is 11.4 Å². The summed E-state index contributed by atoms with van der Waals surface area (Å²) in [4.78, 5) is 4.06. The second-order valence-corrected chi connectivity index (χ2v) is 4.37. The van der Waals surface area contributed by atoms with E-state index in [-0.39, 0.29) is 6.04 Å². The molecule has 1 radical (unpaired) electrons. The van der Waals surface area contributed by atoms with Gasteiger partial charge in [0.25, 0.3) is 6.40 Å². The first-order chi connectivity index (χ1) is 7.24. The Balaban J connectivity index is 1.95. The zero-order valence-electron chi connectivity index (χ0n) is 8.04. The minimum absolute atomic E-state index is 0.225. The molecular formula is C11H10Cl2NO. The highest BCUT2D eigenvalue weighted by molar-refractivity contribution is 6.34. The molecule has 0 aromatic heterocycles. The Labute approximate surface area is 98.9 Å². The third-order valence-corrected chi connectivity index (χ3v) is 2.70. The van der Waals surface area contributed by atoms with E-state index < -0.39 is 0 Å². The van der Waals surface area contributed by atoms with Crippen LogP contribution in [0.4, 0.5) is 0 Å². The molecule has 1 heterocycles.